The van der Waals surface area contributed by atoms with Crippen molar-refractivity contribution < 1.29 is 9.18 Å². The van der Waals surface area contributed by atoms with Crippen LogP contribution in [-0.4, -0.2) is 42.5 Å². The Hall–Kier alpha value is -1.49. The van der Waals surface area contributed by atoms with Gasteiger partial charge in [-0.25, -0.2) is 4.98 Å². The van der Waals surface area contributed by atoms with Crippen molar-refractivity contribution in [1.29, 1.82) is 0 Å². The van der Waals surface area contributed by atoms with Gasteiger partial charge in [0.15, 0.2) is 0 Å². The highest BCUT2D eigenvalue weighted by molar-refractivity contribution is 5.93. The molecule has 1 N–H and O–H groups in total. The molecule has 0 aliphatic carbocycles. The molecule has 0 saturated carbocycles. The van der Waals surface area contributed by atoms with Crippen molar-refractivity contribution in [2.45, 2.75) is 19.4 Å². The van der Waals surface area contributed by atoms with E-state index in [2.05, 4.69) is 15.2 Å². The second-order valence-corrected chi connectivity index (χ2v) is 4.34. The number of halogens is 1. The van der Waals surface area contributed by atoms with E-state index in [0.717, 1.165) is 13.0 Å². The van der Waals surface area contributed by atoms with Crippen LogP contribution in [0, 0.1) is 5.95 Å². The molecule has 1 aromatic heterocycles. The Morgan fingerprint density at radius 2 is 2.24 bits per heavy atom. The monoisotopic (exact) mass is 239 g/mol. The quantitative estimate of drug-likeness (QED) is 0.787. The molecule has 0 aliphatic heterocycles. The smallest absolute Gasteiger partial charge is 0.253 e. The zero-order valence-corrected chi connectivity index (χ0v) is 10.4. The van der Waals surface area contributed by atoms with E-state index in [4.69, 9.17) is 0 Å². The number of carbonyl (C=O) groups excluding carboxylic acids is 1. The number of pyridine rings is 1. The van der Waals surface area contributed by atoms with Crippen LogP contribution in [0.4, 0.5) is 4.39 Å². The number of aromatic nitrogens is 1. The van der Waals surface area contributed by atoms with E-state index in [0.29, 0.717) is 5.56 Å². The summed E-state index contributed by atoms with van der Waals surface area (Å²) in [6, 6.07) is 2.69. The molecule has 1 atom stereocenters. The number of nitrogens with zero attached hydrogens (tertiary/aromatic N) is 2. The molecule has 1 amide bonds. The maximum Gasteiger partial charge on any atom is 0.253 e. The molecular formula is C12H18FN3O. The number of nitrogens with one attached hydrogen (secondary N) is 1. The van der Waals surface area contributed by atoms with E-state index in [-0.39, 0.29) is 11.9 Å². The molecule has 5 heteroatoms. The maximum absolute atomic E-state index is 12.6. The predicted molar refractivity (Wildman–Crippen MR) is 64.3 cm³/mol. The van der Waals surface area contributed by atoms with Crippen molar-refractivity contribution in [2.75, 3.05) is 20.6 Å². The second kappa shape index (κ2) is 6.30. The van der Waals surface area contributed by atoms with Crippen LogP contribution in [0.15, 0.2) is 18.3 Å². The minimum absolute atomic E-state index is 0.0787. The summed E-state index contributed by atoms with van der Waals surface area (Å²) < 4.78 is 12.6. The molecule has 1 unspecified atom stereocenters. The lowest BCUT2D eigenvalue weighted by Gasteiger charge is -2.16. The van der Waals surface area contributed by atoms with Gasteiger partial charge in [-0.3, -0.25) is 4.79 Å². The van der Waals surface area contributed by atoms with Crippen molar-refractivity contribution in [3.8, 4) is 0 Å². The van der Waals surface area contributed by atoms with Gasteiger partial charge in [-0.2, -0.15) is 4.39 Å². The Morgan fingerprint density at radius 3 is 2.76 bits per heavy atom. The predicted octanol–water partition coefficient (Wildman–Crippen LogP) is 1.29. The highest BCUT2D eigenvalue weighted by Crippen LogP contribution is 2.01. The van der Waals surface area contributed by atoms with Crippen LogP contribution >= 0.6 is 0 Å². The van der Waals surface area contributed by atoms with Crippen LogP contribution in [0.5, 0.6) is 0 Å². The third kappa shape index (κ3) is 4.91. The molecule has 1 heterocycles. The average Bonchev–Trinajstić information content (AvgIpc) is 2.27. The first-order valence-corrected chi connectivity index (χ1v) is 5.56. The SMILES string of the molecule is CC(CCN(C)C)NC(=O)c1ccc(F)nc1. The van der Waals surface area contributed by atoms with E-state index in [1.165, 1.54) is 18.3 Å². The first-order valence-electron chi connectivity index (χ1n) is 5.56. The molecule has 0 aliphatic rings. The first-order chi connectivity index (χ1) is 7.99. The van der Waals surface area contributed by atoms with Gasteiger partial charge in [0.25, 0.3) is 5.91 Å². The molecule has 0 spiro atoms. The van der Waals surface area contributed by atoms with Gasteiger partial charge in [0, 0.05) is 12.2 Å². The topological polar surface area (TPSA) is 45.2 Å². The molecule has 94 valence electrons. The minimum atomic E-state index is -0.581. The van der Waals surface area contributed by atoms with Crippen molar-refractivity contribution in [2.24, 2.45) is 0 Å². The number of rotatable bonds is 5. The summed E-state index contributed by atoms with van der Waals surface area (Å²) in [4.78, 5) is 17.2. The van der Waals surface area contributed by atoms with Gasteiger partial charge in [0.2, 0.25) is 5.95 Å². The first kappa shape index (κ1) is 13.6. The maximum atomic E-state index is 12.6. The summed E-state index contributed by atoms with van der Waals surface area (Å²) in [5.74, 6) is -0.800. The fourth-order valence-corrected chi connectivity index (χ4v) is 1.34. The van der Waals surface area contributed by atoms with Crippen LogP contribution in [0.1, 0.15) is 23.7 Å². The Kier molecular flexibility index (Phi) is 5.03. The Morgan fingerprint density at radius 1 is 1.53 bits per heavy atom. The Balaban J connectivity index is 2.46. The minimum Gasteiger partial charge on any atom is -0.349 e. The fourth-order valence-electron chi connectivity index (χ4n) is 1.34. The van der Waals surface area contributed by atoms with Crippen molar-refractivity contribution >= 4 is 5.91 Å². The van der Waals surface area contributed by atoms with Gasteiger partial charge in [0.05, 0.1) is 5.56 Å². The molecule has 0 bridgehead atoms. The van der Waals surface area contributed by atoms with E-state index in [1.807, 2.05) is 21.0 Å². The lowest BCUT2D eigenvalue weighted by molar-refractivity contribution is 0.0936. The molecule has 0 saturated heterocycles. The summed E-state index contributed by atoms with van der Waals surface area (Å²) in [6.07, 6.45) is 2.11. The Bertz CT molecular complexity index is 365. The van der Waals surface area contributed by atoms with Gasteiger partial charge >= 0.3 is 0 Å². The van der Waals surface area contributed by atoms with Gasteiger partial charge in [-0.05, 0) is 46.1 Å². The van der Waals surface area contributed by atoms with Crippen molar-refractivity contribution in [3.63, 3.8) is 0 Å². The molecule has 0 radical (unpaired) electrons. The lowest BCUT2D eigenvalue weighted by atomic mass is 10.2. The van der Waals surface area contributed by atoms with Gasteiger partial charge < -0.3 is 10.2 Å². The third-order valence-electron chi connectivity index (χ3n) is 2.38. The molecule has 0 aromatic carbocycles. The summed E-state index contributed by atoms with van der Waals surface area (Å²) in [7, 11) is 3.97. The highest BCUT2D eigenvalue weighted by atomic mass is 19.1. The molecule has 4 nitrogen and oxygen atoms in total. The fraction of sp³-hybridized carbons (Fsp3) is 0.500. The van der Waals surface area contributed by atoms with Gasteiger partial charge in [0.1, 0.15) is 0 Å². The van der Waals surface area contributed by atoms with Crippen LogP contribution < -0.4 is 5.32 Å². The third-order valence-corrected chi connectivity index (χ3v) is 2.38. The Labute approximate surface area is 101 Å². The summed E-state index contributed by atoms with van der Waals surface area (Å²) >= 11 is 0. The normalized spacial score (nSPS) is 12.5. The lowest BCUT2D eigenvalue weighted by Crippen LogP contribution is -2.34. The number of hydrogen-bond donors (Lipinski definition) is 1. The van der Waals surface area contributed by atoms with E-state index in [9.17, 15) is 9.18 Å². The van der Waals surface area contributed by atoms with Crippen LogP contribution in [-0.2, 0) is 0 Å². The molecule has 1 aromatic rings. The number of hydrogen-bond acceptors (Lipinski definition) is 3. The number of carbonyl (C=O) groups is 1. The summed E-state index contributed by atoms with van der Waals surface area (Å²) in [5.41, 5.74) is 0.378. The molecule has 1 rings (SSSR count). The molecular weight excluding hydrogens is 221 g/mol. The van der Waals surface area contributed by atoms with Gasteiger partial charge in [-0.15, -0.1) is 0 Å². The highest BCUT2D eigenvalue weighted by Gasteiger charge is 2.10. The van der Waals surface area contributed by atoms with Crippen molar-refractivity contribution in [3.05, 3.63) is 29.8 Å². The van der Waals surface area contributed by atoms with Crippen LogP contribution in [0.2, 0.25) is 0 Å². The van der Waals surface area contributed by atoms with E-state index >= 15 is 0 Å². The van der Waals surface area contributed by atoms with Gasteiger partial charge in [-0.1, -0.05) is 0 Å². The van der Waals surface area contributed by atoms with Crippen LogP contribution in [0.3, 0.4) is 0 Å². The molecule has 0 fully saturated rings. The zero-order chi connectivity index (χ0) is 12.8. The van der Waals surface area contributed by atoms with E-state index in [1.54, 1.807) is 0 Å². The van der Waals surface area contributed by atoms with E-state index < -0.39 is 5.95 Å². The standard InChI is InChI=1S/C12H18FN3O/c1-9(6-7-16(2)3)15-12(17)10-4-5-11(13)14-8-10/h4-5,8-9H,6-7H2,1-3H3,(H,15,17). The number of amides is 1. The zero-order valence-electron chi connectivity index (χ0n) is 10.4. The summed E-state index contributed by atoms with van der Waals surface area (Å²) in [6.45, 7) is 2.85. The summed E-state index contributed by atoms with van der Waals surface area (Å²) in [5, 5.41) is 2.84. The second-order valence-electron chi connectivity index (χ2n) is 4.34. The van der Waals surface area contributed by atoms with Crippen molar-refractivity contribution in [1.82, 2.24) is 15.2 Å². The average molecular weight is 239 g/mol. The molecule has 17 heavy (non-hydrogen) atoms. The van der Waals surface area contributed by atoms with Crippen LogP contribution in [0.25, 0.3) is 0 Å². The largest absolute Gasteiger partial charge is 0.349 e.